The van der Waals surface area contributed by atoms with E-state index in [9.17, 15) is 19.5 Å². The Morgan fingerprint density at radius 1 is 0.838 bits per heavy atom. The Balaban J connectivity index is 0.824. The normalized spacial score (nSPS) is 17.5. The monoisotopic (exact) mass is 950 g/mol. The highest BCUT2D eigenvalue weighted by atomic mass is 32.1. The summed E-state index contributed by atoms with van der Waals surface area (Å²) in [5.41, 5.74) is 9.43. The zero-order valence-electron chi connectivity index (χ0n) is 41.9. The molecule has 14 heteroatoms. The minimum atomic E-state index is -0.831. The van der Waals surface area contributed by atoms with Crippen molar-refractivity contribution in [3.63, 3.8) is 0 Å². The molecule has 0 saturated carbocycles. The van der Waals surface area contributed by atoms with Crippen molar-refractivity contribution in [2.75, 3.05) is 76.3 Å². The van der Waals surface area contributed by atoms with Crippen molar-refractivity contribution in [2.45, 2.75) is 123 Å². The summed E-state index contributed by atoms with van der Waals surface area (Å²) in [6.45, 7) is 18.7. The van der Waals surface area contributed by atoms with Crippen LogP contribution < -0.4 is 31.1 Å². The van der Waals surface area contributed by atoms with Crippen molar-refractivity contribution >= 4 is 40.4 Å². The van der Waals surface area contributed by atoms with Gasteiger partial charge >= 0.3 is 0 Å². The van der Waals surface area contributed by atoms with E-state index in [1.807, 2.05) is 64.4 Å². The van der Waals surface area contributed by atoms with Crippen LogP contribution in [0.1, 0.15) is 107 Å². The zero-order valence-corrected chi connectivity index (χ0v) is 42.7. The standard InChI is InChI=1S/C54H79N9O4S/c1-39(42-21-23-43(24-22-42)50-40(2)57-38-68-50)58-52(66)48-34-46(64)37-63(48)53(67)51(54(3,4)5)59-49(65)18-11-9-8-10-14-29-61-30-32-62(33-31-61)45-25-19-41(20-26-45)35-55-27-15-28-56-36-44-16-12-13-17-47(44)60(6)7/h12-13,16-17,19-26,38-39,46,48,51,55-56,64H,8-11,14-15,18,27-37H2,1-7H3,(H,58,66)(H,59,65)/t39-,46?,48?,51?/m0/s1. The van der Waals surface area contributed by atoms with E-state index in [1.165, 1.54) is 27.4 Å². The summed E-state index contributed by atoms with van der Waals surface area (Å²) in [6, 6.07) is 23.7. The molecular formula is C54H79N9O4S. The zero-order chi connectivity index (χ0) is 48.6. The average Bonchev–Trinajstić information content (AvgIpc) is 3.95. The lowest BCUT2D eigenvalue weighted by molar-refractivity contribution is -0.144. The molecule has 0 aliphatic carbocycles. The number of hydrogen-bond donors (Lipinski definition) is 5. The van der Waals surface area contributed by atoms with Crippen LogP contribution in [-0.4, -0.2) is 122 Å². The Morgan fingerprint density at radius 3 is 2.19 bits per heavy atom. The molecule has 1 aromatic heterocycles. The number of β-amino-alcohol motifs (C(OH)–C–C–N with tert-alkyl or cyclic N) is 1. The van der Waals surface area contributed by atoms with Crippen LogP contribution in [0.15, 0.2) is 78.3 Å². The molecule has 2 saturated heterocycles. The van der Waals surface area contributed by atoms with E-state index in [1.54, 1.807) is 11.3 Å². The number of piperazine rings is 1. The van der Waals surface area contributed by atoms with Crippen LogP contribution in [0.2, 0.25) is 0 Å². The smallest absolute Gasteiger partial charge is 0.246 e. The highest BCUT2D eigenvalue weighted by Crippen LogP contribution is 2.30. The van der Waals surface area contributed by atoms with Gasteiger partial charge in [-0.25, -0.2) is 4.98 Å². The van der Waals surface area contributed by atoms with Gasteiger partial charge in [0.2, 0.25) is 17.7 Å². The third kappa shape index (κ3) is 15.3. The van der Waals surface area contributed by atoms with Gasteiger partial charge in [-0.15, -0.1) is 11.3 Å². The third-order valence-corrected chi connectivity index (χ3v) is 14.4. The Bertz CT molecular complexity index is 2180. The molecule has 370 valence electrons. The average molecular weight is 950 g/mol. The number of para-hydroxylation sites is 1. The fraction of sp³-hybridized carbons (Fsp3) is 0.556. The van der Waals surface area contributed by atoms with Crippen LogP contribution in [0, 0.1) is 12.3 Å². The van der Waals surface area contributed by atoms with Gasteiger partial charge in [0.1, 0.15) is 12.1 Å². The van der Waals surface area contributed by atoms with E-state index in [-0.39, 0.29) is 36.7 Å². The number of unbranched alkanes of at least 4 members (excludes halogenated alkanes) is 4. The molecule has 0 bridgehead atoms. The summed E-state index contributed by atoms with van der Waals surface area (Å²) in [5, 5.41) is 23.9. The fourth-order valence-electron chi connectivity index (χ4n) is 9.34. The minimum absolute atomic E-state index is 0.0484. The lowest BCUT2D eigenvalue weighted by Gasteiger charge is -2.36. The van der Waals surface area contributed by atoms with E-state index < -0.39 is 23.6 Å². The highest BCUT2D eigenvalue weighted by Gasteiger charge is 2.44. The van der Waals surface area contributed by atoms with Gasteiger partial charge in [0.25, 0.3) is 0 Å². The van der Waals surface area contributed by atoms with Gasteiger partial charge < -0.3 is 41.1 Å². The number of nitrogens with zero attached hydrogens (tertiary/aromatic N) is 5. The Kier molecular flexibility index (Phi) is 19.8. The predicted molar refractivity (Wildman–Crippen MR) is 278 cm³/mol. The molecular weight excluding hydrogens is 871 g/mol. The second-order valence-corrected chi connectivity index (χ2v) is 21.0. The summed E-state index contributed by atoms with van der Waals surface area (Å²) in [5.74, 6) is -0.813. The van der Waals surface area contributed by atoms with Gasteiger partial charge in [-0.2, -0.15) is 0 Å². The first kappa shape index (κ1) is 52.5. The summed E-state index contributed by atoms with van der Waals surface area (Å²) >= 11 is 1.60. The molecule has 0 radical (unpaired) electrons. The molecule has 3 aromatic carbocycles. The number of carbonyl (C=O) groups excluding carboxylic acids is 3. The minimum Gasteiger partial charge on any atom is -0.391 e. The summed E-state index contributed by atoms with van der Waals surface area (Å²) in [4.78, 5) is 55.2. The van der Waals surface area contributed by atoms with E-state index in [0.29, 0.717) is 6.42 Å². The van der Waals surface area contributed by atoms with Crippen LogP contribution in [0.3, 0.4) is 0 Å². The largest absolute Gasteiger partial charge is 0.391 e. The maximum Gasteiger partial charge on any atom is 0.246 e. The molecule has 4 aromatic rings. The van der Waals surface area contributed by atoms with Crippen LogP contribution in [0.25, 0.3) is 10.4 Å². The molecule has 5 N–H and O–H groups in total. The van der Waals surface area contributed by atoms with Gasteiger partial charge in [-0.1, -0.05) is 94.6 Å². The molecule has 3 amide bonds. The molecule has 6 rings (SSSR count). The lowest BCUT2D eigenvalue weighted by Crippen LogP contribution is -2.57. The van der Waals surface area contributed by atoms with E-state index in [0.717, 1.165) is 119 Å². The van der Waals surface area contributed by atoms with E-state index in [2.05, 4.69) is 104 Å². The molecule has 0 spiro atoms. The van der Waals surface area contributed by atoms with Gasteiger partial charge in [-0.05, 0) is 98.6 Å². The molecule has 68 heavy (non-hydrogen) atoms. The number of amides is 3. The molecule has 13 nitrogen and oxygen atoms in total. The van der Waals surface area contributed by atoms with Crippen molar-refractivity contribution in [3.05, 3.63) is 101 Å². The number of aliphatic hydroxyl groups excluding tert-OH is 1. The quantitative estimate of drug-likeness (QED) is 0.0455. The van der Waals surface area contributed by atoms with Gasteiger partial charge in [0.15, 0.2) is 0 Å². The maximum atomic E-state index is 14.1. The fourth-order valence-corrected chi connectivity index (χ4v) is 10.2. The van der Waals surface area contributed by atoms with Crippen LogP contribution >= 0.6 is 11.3 Å². The van der Waals surface area contributed by atoms with Crippen molar-refractivity contribution in [3.8, 4) is 10.4 Å². The molecule has 2 fully saturated rings. The second-order valence-electron chi connectivity index (χ2n) is 20.1. The number of likely N-dealkylation sites (tertiary alicyclic amines) is 1. The number of benzene rings is 3. The van der Waals surface area contributed by atoms with Gasteiger partial charge in [0, 0.05) is 84.1 Å². The number of hydrogen-bond acceptors (Lipinski definition) is 11. The number of nitrogens with one attached hydrogen (secondary N) is 4. The van der Waals surface area contributed by atoms with E-state index in [4.69, 9.17) is 0 Å². The number of carbonyl (C=O) groups is 3. The highest BCUT2D eigenvalue weighted by molar-refractivity contribution is 7.13. The van der Waals surface area contributed by atoms with E-state index >= 15 is 0 Å². The lowest BCUT2D eigenvalue weighted by atomic mass is 9.85. The summed E-state index contributed by atoms with van der Waals surface area (Å²) < 4.78 is 0. The van der Waals surface area contributed by atoms with Gasteiger partial charge in [0.05, 0.1) is 28.2 Å². The van der Waals surface area contributed by atoms with Crippen molar-refractivity contribution in [2.24, 2.45) is 5.41 Å². The van der Waals surface area contributed by atoms with Crippen molar-refractivity contribution < 1.29 is 19.5 Å². The van der Waals surface area contributed by atoms with Crippen LogP contribution in [0.4, 0.5) is 11.4 Å². The third-order valence-electron chi connectivity index (χ3n) is 13.4. The molecule has 3 heterocycles. The Morgan fingerprint density at radius 2 is 1.51 bits per heavy atom. The Hall–Kier alpha value is -4.86. The maximum absolute atomic E-state index is 14.1. The number of aliphatic hydroxyl groups is 1. The van der Waals surface area contributed by atoms with Gasteiger partial charge in [-0.3, -0.25) is 19.3 Å². The van der Waals surface area contributed by atoms with Crippen LogP contribution in [0.5, 0.6) is 0 Å². The number of aromatic nitrogens is 1. The topological polar surface area (TPSA) is 145 Å². The molecule has 4 atom stereocenters. The summed E-state index contributed by atoms with van der Waals surface area (Å²) in [6.07, 6.45) is 5.80. The number of anilines is 2. The molecule has 3 unspecified atom stereocenters. The first-order valence-corrected chi connectivity index (χ1v) is 25.9. The van der Waals surface area contributed by atoms with Crippen molar-refractivity contribution in [1.82, 2.24) is 36.1 Å². The SMILES string of the molecule is Cc1ncsc1-c1ccc([C@H](C)NC(=O)C2CC(O)CN2C(=O)C(NC(=O)CCCCCCCN2CCN(c3ccc(CNCCCNCc4ccccc4N(C)C)cc3)CC2)C(C)(C)C)cc1. The molecule has 2 aliphatic heterocycles. The first-order valence-electron chi connectivity index (χ1n) is 25.0. The first-order chi connectivity index (χ1) is 32.7. The van der Waals surface area contributed by atoms with Crippen LogP contribution in [-0.2, 0) is 27.5 Å². The number of thiazole rings is 1. The number of rotatable bonds is 24. The summed E-state index contributed by atoms with van der Waals surface area (Å²) in [7, 11) is 4.18. The predicted octanol–water partition coefficient (Wildman–Crippen LogP) is 7.29. The Labute approximate surface area is 410 Å². The number of aryl methyl sites for hydroxylation is 1. The van der Waals surface area contributed by atoms with Crippen molar-refractivity contribution in [1.29, 1.82) is 0 Å². The second kappa shape index (κ2) is 25.7. The molecule has 2 aliphatic rings.